The molecule has 0 aliphatic heterocycles. The van der Waals surface area contributed by atoms with Crippen LogP contribution in [0.5, 0.6) is 0 Å². The number of anilines is 6. The molecule has 0 saturated heterocycles. The third-order valence-electron chi connectivity index (χ3n) is 23.5. The highest BCUT2D eigenvalue weighted by Crippen LogP contribution is 2.55. The molecular weight excluding hydrogens is 1290 g/mol. The Bertz CT molecular complexity index is 5840. The normalized spacial score (nSPS) is 13.9. The summed E-state index contributed by atoms with van der Waals surface area (Å²) in [6.07, 6.45) is 9.21. The van der Waals surface area contributed by atoms with Gasteiger partial charge in [-0.05, 0) is 228 Å². The quantitative estimate of drug-likeness (QED) is 0.100. The number of rotatable bonds is 14. The summed E-state index contributed by atoms with van der Waals surface area (Å²) in [5.74, 6) is 0. The van der Waals surface area contributed by atoms with E-state index in [2.05, 4.69) is 427 Å². The maximum absolute atomic E-state index is 2.44. The summed E-state index contributed by atoms with van der Waals surface area (Å²) >= 11 is 0. The van der Waals surface area contributed by atoms with Crippen molar-refractivity contribution in [2.75, 3.05) is 9.80 Å². The third-order valence-corrected chi connectivity index (χ3v) is 23.5. The lowest BCUT2D eigenvalue weighted by Gasteiger charge is -2.28. The fourth-order valence-corrected chi connectivity index (χ4v) is 17.6. The second-order valence-corrected chi connectivity index (χ2v) is 30.9. The van der Waals surface area contributed by atoms with Crippen LogP contribution in [0.15, 0.2) is 352 Å². The number of hydrogen-bond donors (Lipinski definition) is 0. The van der Waals surface area contributed by atoms with Gasteiger partial charge in [0.15, 0.2) is 0 Å². The number of fused-ring (bicyclic) bond motifs is 11. The lowest BCUT2D eigenvalue weighted by molar-refractivity contribution is 0.660. The van der Waals surface area contributed by atoms with Crippen LogP contribution >= 0.6 is 0 Å². The Labute approximate surface area is 628 Å². The average molecular weight is 1370 g/mol. The molecule has 0 atom stereocenters. The molecule has 3 aliphatic carbocycles. The molecule has 16 aromatic carbocycles. The van der Waals surface area contributed by atoms with E-state index in [0.717, 1.165) is 34.1 Å². The predicted molar refractivity (Wildman–Crippen MR) is 456 cm³/mol. The summed E-state index contributed by atoms with van der Waals surface area (Å²) in [6, 6.07) is 131. The molecule has 0 heterocycles. The summed E-state index contributed by atoms with van der Waals surface area (Å²) in [6.45, 7) is 14.4. The Morgan fingerprint density at radius 2 is 0.430 bits per heavy atom. The van der Waals surface area contributed by atoms with Crippen molar-refractivity contribution in [1.82, 2.24) is 0 Å². The molecule has 16 aromatic rings. The van der Waals surface area contributed by atoms with Crippen molar-refractivity contribution < 1.29 is 0 Å². The zero-order valence-corrected chi connectivity index (χ0v) is 61.2. The van der Waals surface area contributed by atoms with E-state index < -0.39 is 0 Å². The largest absolute Gasteiger partial charge is 0.310 e. The number of hydrogen-bond acceptors (Lipinski definition) is 2. The summed E-state index contributed by atoms with van der Waals surface area (Å²) in [5, 5.41) is 5.01. The molecule has 0 N–H and O–H groups in total. The topological polar surface area (TPSA) is 6.48 Å². The van der Waals surface area contributed by atoms with Gasteiger partial charge >= 0.3 is 0 Å². The molecule has 0 amide bonds. The fraction of sp³-hybridized carbons (Fsp3) is 0.0857. The lowest BCUT2D eigenvalue weighted by atomic mass is 9.81. The van der Waals surface area contributed by atoms with Crippen LogP contribution in [-0.2, 0) is 16.2 Å². The van der Waals surface area contributed by atoms with Gasteiger partial charge in [-0.25, -0.2) is 0 Å². The molecule has 2 heteroatoms. The Morgan fingerprint density at radius 1 is 0.187 bits per heavy atom. The Kier molecular flexibility index (Phi) is 15.6. The molecule has 0 saturated carbocycles. The van der Waals surface area contributed by atoms with Gasteiger partial charge in [0, 0.05) is 50.4 Å². The molecule has 0 bridgehead atoms. The average Bonchev–Trinajstić information content (AvgIpc) is 1.58. The van der Waals surface area contributed by atoms with Crippen LogP contribution in [0.25, 0.3) is 124 Å². The molecule has 2 nitrogen and oxygen atoms in total. The molecule has 0 spiro atoms. The highest BCUT2D eigenvalue weighted by atomic mass is 15.1. The molecule has 0 fully saturated rings. The summed E-state index contributed by atoms with van der Waals surface area (Å²) in [7, 11) is 0. The minimum absolute atomic E-state index is 0.187. The van der Waals surface area contributed by atoms with Gasteiger partial charge in [0.2, 0.25) is 0 Å². The first kappa shape index (κ1) is 64.9. The first-order valence-electron chi connectivity index (χ1n) is 37.6. The molecule has 0 unspecified atom stereocenters. The highest BCUT2D eigenvalue weighted by molar-refractivity contribution is 5.99. The van der Waals surface area contributed by atoms with Gasteiger partial charge in [0.05, 0.1) is 0 Å². The molecular formula is C105H80N2. The standard InChI is InChI=1S/C105H80N2/c1-103(2)97-63-69(31-33-71-37-59-93-95-61-55-85(67-101(95)104(3,4)99(93)65-71)106(81-47-39-75(40-48-81)73-19-9-7-10-20-73)83-51-43-79(44-52-83)89-29-17-25-77-23-13-15-27-87(77)89)35-57-91(97)92-58-36-70(64-98(92)103)32-34-72-38-60-94-96-62-56-86(68-102(96)105(5,6)100(94)66-72)107(82-49-41-76(42-50-82)74-21-11-8-12-22-74)84-53-45-80(46-54-84)90-30-18-26-78-24-14-16-28-88(78)90/h7-68H,1-6H3/b33-31+,34-32+. The summed E-state index contributed by atoms with van der Waals surface area (Å²) in [5.41, 5.74) is 36.4. The Hall–Kier alpha value is -12.9. The van der Waals surface area contributed by atoms with E-state index in [4.69, 9.17) is 0 Å². The van der Waals surface area contributed by atoms with Crippen LogP contribution in [0, 0.1) is 0 Å². The van der Waals surface area contributed by atoms with Crippen molar-refractivity contribution in [1.29, 1.82) is 0 Å². The van der Waals surface area contributed by atoms with Crippen LogP contribution in [0.4, 0.5) is 34.1 Å². The first-order chi connectivity index (χ1) is 52.3. The van der Waals surface area contributed by atoms with Gasteiger partial charge in [-0.2, -0.15) is 0 Å². The van der Waals surface area contributed by atoms with Gasteiger partial charge < -0.3 is 9.80 Å². The van der Waals surface area contributed by atoms with Crippen molar-refractivity contribution >= 4 is 80.0 Å². The van der Waals surface area contributed by atoms with Crippen molar-refractivity contribution in [2.45, 2.75) is 57.8 Å². The van der Waals surface area contributed by atoms with Crippen molar-refractivity contribution in [3.63, 3.8) is 0 Å². The van der Waals surface area contributed by atoms with Crippen molar-refractivity contribution in [2.24, 2.45) is 0 Å². The minimum atomic E-state index is -0.239. The molecule has 0 radical (unpaired) electrons. The van der Waals surface area contributed by atoms with Crippen LogP contribution in [-0.4, -0.2) is 0 Å². The van der Waals surface area contributed by atoms with Gasteiger partial charge in [0.25, 0.3) is 0 Å². The molecule has 3 aliphatic rings. The van der Waals surface area contributed by atoms with E-state index in [0.29, 0.717) is 0 Å². The molecule has 510 valence electrons. The van der Waals surface area contributed by atoms with E-state index in [1.165, 1.54) is 155 Å². The number of benzene rings is 16. The van der Waals surface area contributed by atoms with Crippen LogP contribution in [0.1, 0.15) is 97.2 Å². The summed E-state index contributed by atoms with van der Waals surface area (Å²) < 4.78 is 0. The van der Waals surface area contributed by atoms with Crippen molar-refractivity contribution in [3.8, 4) is 77.9 Å². The minimum Gasteiger partial charge on any atom is -0.310 e. The fourth-order valence-electron chi connectivity index (χ4n) is 17.6. The second kappa shape index (κ2) is 25.8. The smallest absolute Gasteiger partial charge is 0.0465 e. The highest BCUT2D eigenvalue weighted by Gasteiger charge is 2.39. The van der Waals surface area contributed by atoms with E-state index in [1.807, 2.05) is 0 Å². The Balaban J connectivity index is 0.564. The first-order valence-corrected chi connectivity index (χ1v) is 37.6. The molecule has 107 heavy (non-hydrogen) atoms. The van der Waals surface area contributed by atoms with Gasteiger partial charge in [0.1, 0.15) is 0 Å². The van der Waals surface area contributed by atoms with Gasteiger partial charge in [-0.3, -0.25) is 0 Å². The van der Waals surface area contributed by atoms with E-state index in [9.17, 15) is 0 Å². The predicted octanol–water partition coefficient (Wildman–Crippen LogP) is 28.9. The number of nitrogens with zero attached hydrogens (tertiary/aromatic N) is 2. The monoisotopic (exact) mass is 1370 g/mol. The zero-order valence-electron chi connectivity index (χ0n) is 61.2. The third kappa shape index (κ3) is 11.3. The Morgan fingerprint density at radius 3 is 0.748 bits per heavy atom. The van der Waals surface area contributed by atoms with Crippen molar-refractivity contribution in [3.05, 3.63) is 407 Å². The van der Waals surface area contributed by atoms with Gasteiger partial charge in [-0.15, -0.1) is 0 Å². The maximum atomic E-state index is 2.44. The van der Waals surface area contributed by atoms with Crippen LogP contribution in [0.2, 0.25) is 0 Å². The van der Waals surface area contributed by atoms with E-state index >= 15 is 0 Å². The SMILES string of the molecule is CC1(C)c2cc(/C=C/c3ccc4c(c3)C(C)(C)c3cc(N(c5ccc(-c6ccccc6)cc5)c5ccc(-c6cccc7ccccc67)cc5)ccc3-4)ccc2-c2ccc(/C=C/c3ccc4c(c3)C(C)(C)c3cc(N(c5ccc(-c6ccccc6)cc5)c5ccc(-c6cccc7ccccc67)cc5)ccc3-4)cc21. The zero-order chi connectivity index (χ0) is 72.1. The van der Waals surface area contributed by atoms with Gasteiger partial charge in [-0.1, -0.05) is 345 Å². The van der Waals surface area contributed by atoms with E-state index in [1.54, 1.807) is 0 Å². The lowest BCUT2D eigenvalue weighted by Crippen LogP contribution is -2.16. The van der Waals surface area contributed by atoms with Crippen LogP contribution < -0.4 is 9.80 Å². The molecule has 0 aromatic heterocycles. The van der Waals surface area contributed by atoms with E-state index in [-0.39, 0.29) is 16.2 Å². The molecule has 19 rings (SSSR count). The summed E-state index contributed by atoms with van der Waals surface area (Å²) in [4.78, 5) is 4.83. The van der Waals surface area contributed by atoms with Crippen LogP contribution in [0.3, 0.4) is 0 Å². The maximum Gasteiger partial charge on any atom is 0.0465 e. The second-order valence-electron chi connectivity index (χ2n) is 30.9.